The van der Waals surface area contributed by atoms with E-state index < -0.39 is 6.10 Å². The molecule has 7 nitrogen and oxygen atoms in total. The lowest BCUT2D eigenvalue weighted by Gasteiger charge is -2.15. The fourth-order valence-electron chi connectivity index (χ4n) is 2.26. The van der Waals surface area contributed by atoms with Crippen LogP contribution in [0.3, 0.4) is 0 Å². The second-order valence-electron chi connectivity index (χ2n) is 4.88. The molecule has 24 heavy (non-hydrogen) atoms. The van der Waals surface area contributed by atoms with Crippen molar-refractivity contribution < 1.29 is 14.6 Å². The zero-order valence-corrected chi connectivity index (χ0v) is 14.4. The van der Waals surface area contributed by atoms with Crippen molar-refractivity contribution in [3.05, 3.63) is 46.4 Å². The van der Waals surface area contributed by atoms with E-state index in [-0.39, 0.29) is 18.4 Å². The van der Waals surface area contributed by atoms with E-state index in [1.807, 2.05) is 13.8 Å². The van der Waals surface area contributed by atoms with Crippen molar-refractivity contribution in [1.82, 2.24) is 20.5 Å². The summed E-state index contributed by atoms with van der Waals surface area (Å²) in [6.07, 6.45) is 3.32. The Morgan fingerprint density at radius 1 is 1.38 bits per heavy atom. The van der Waals surface area contributed by atoms with Crippen LogP contribution in [-0.4, -0.2) is 38.5 Å². The Bertz CT molecular complexity index is 702. The van der Waals surface area contributed by atoms with Gasteiger partial charge in [-0.15, -0.1) is 10.2 Å². The summed E-state index contributed by atoms with van der Waals surface area (Å²) < 4.78 is 5.12. The van der Waals surface area contributed by atoms with Gasteiger partial charge >= 0.3 is 0 Å². The van der Waals surface area contributed by atoms with Gasteiger partial charge in [0.2, 0.25) is 11.8 Å². The summed E-state index contributed by atoms with van der Waals surface area (Å²) >= 11 is 6.29. The number of nitrogens with zero attached hydrogens (tertiary/aromatic N) is 3. The van der Waals surface area contributed by atoms with Crippen molar-refractivity contribution in [2.45, 2.75) is 33.0 Å². The molecule has 1 unspecified atom stereocenters. The van der Waals surface area contributed by atoms with Crippen LogP contribution < -0.4 is 5.32 Å². The Kier molecular flexibility index (Phi) is 6.86. The van der Waals surface area contributed by atoms with Crippen LogP contribution in [0.25, 0.3) is 5.57 Å². The van der Waals surface area contributed by atoms with E-state index in [9.17, 15) is 5.11 Å². The first-order chi connectivity index (χ1) is 11.7. The fraction of sp³-hybridized carbons (Fsp3) is 0.438. The summed E-state index contributed by atoms with van der Waals surface area (Å²) in [5, 5.41) is 30.1. The molecule has 130 valence electrons. The smallest absolute Gasteiger partial charge is 0.249 e. The van der Waals surface area contributed by atoms with E-state index in [4.69, 9.17) is 21.1 Å². The van der Waals surface area contributed by atoms with Gasteiger partial charge < -0.3 is 19.9 Å². The monoisotopic (exact) mass is 352 g/mol. The van der Waals surface area contributed by atoms with E-state index >= 15 is 0 Å². The van der Waals surface area contributed by atoms with E-state index in [1.165, 1.54) is 6.20 Å². The first-order valence-corrected chi connectivity index (χ1v) is 8.23. The first kappa shape index (κ1) is 18.5. The van der Waals surface area contributed by atoms with Gasteiger partial charge in [-0.2, -0.15) is 0 Å². The highest BCUT2D eigenvalue weighted by atomic mass is 35.5. The normalized spacial score (nSPS) is 15.3. The van der Waals surface area contributed by atoms with Gasteiger partial charge in [0.15, 0.2) is 6.10 Å². The molecule has 0 saturated heterocycles. The van der Waals surface area contributed by atoms with Gasteiger partial charge in [-0.1, -0.05) is 31.5 Å². The number of halogens is 1. The minimum atomic E-state index is -1.13. The Morgan fingerprint density at radius 2 is 2.17 bits per heavy atom. The summed E-state index contributed by atoms with van der Waals surface area (Å²) in [7, 11) is 0. The average molecular weight is 353 g/mol. The van der Waals surface area contributed by atoms with Crippen LogP contribution in [0.15, 0.2) is 22.8 Å². The molecular weight excluding hydrogens is 332 g/mol. The van der Waals surface area contributed by atoms with Crippen LogP contribution in [0.4, 0.5) is 0 Å². The number of nitrogens with one attached hydrogen (secondary N) is 1. The van der Waals surface area contributed by atoms with Crippen molar-refractivity contribution in [3.63, 3.8) is 0 Å². The van der Waals surface area contributed by atoms with Gasteiger partial charge in [-0.3, -0.25) is 4.98 Å². The molecule has 0 aromatic carbocycles. The molecular formula is C16H21ClN4O3. The summed E-state index contributed by atoms with van der Waals surface area (Å²) in [4.78, 5) is 4.35. The van der Waals surface area contributed by atoms with E-state index in [0.29, 0.717) is 10.6 Å². The van der Waals surface area contributed by atoms with Crippen LogP contribution in [0.2, 0.25) is 5.02 Å². The number of hydrogen-bond donors (Lipinski definition) is 3. The molecule has 2 aromatic rings. The quantitative estimate of drug-likeness (QED) is 0.773. The lowest BCUT2D eigenvalue weighted by molar-refractivity contribution is 0.170. The largest absolute Gasteiger partial charge is 0.420 e. The molecule has 0 radical (unpaired) electrons. The van der Waals surface area contributed by atoms with Crippen LogP contribution in [0.5, 0.6) is 0 Å². The van der Waals surface area contributed by atoms with Crippen molar-refractivity contribution in [2.75, 3.05) is 13.1 Å². The molecule has 0 amide bonds. The van der Waals surface area contributed by atoms with Gasteiger partial charge in [0.05, 0.1) is 10.7 Å². The maximum Gasteiger partial charge on any atom is 0.249 e. The van der Waals surface area contributed by atoms with Gasteiger partial charge in [0, 0.05) is 18.3 Å². The molecule has 1 aliphatic rings. The summed E-state index contributed by atoms with van der Waals surface area (Å²) in [6, 6.07) is 1.64. The van der Waals surface area contributed by atoms with E-state index in [2.05, 4.69) is 26.6 Å². The van der Waals surface area contributed by atoms with Crippen molar-refractivity contribution >= 4 is 17.2 Å². The molecule has 0 saturated carbocycles. The van der Waals surface area contributed by atoms with E-state index in [1.54, 1.807) is 6.07 Å². The standard InChI is InChI=1S/C14H15ClN4O3.C2H6/c15-10-5-9(13(21)14-19-18-11(7-20)22-14)6-17-12(10)8-1-3-16-4-2-8;1-2/h1,5-6,13,16,20-21H,2-4,7H2;1-2H3. The van der Waals surface area contributed by atoms with Gasteiger partial charge in [-0.05, 0) is 24.6 Å². The third kappa shape index (κ3) is 4.18. The zero-order valence-electron chi connectivity index (χ0n) is 13.7. The molecule has 0 spiro atoms. The number of aromatic nitrogens is 3. The third-order valence-electron chi connectivity index (χ3n) is 3.40. The van der Waals surface area contributed by atoms with Crippen LogP contribution in [-0.2, 0) is 6.61 Å². The highest BCUT2D eigenvalue weighted by Gasteiger charge is 2.20. The Hall–Kier alpha value is -1.80. The van der Waals surface area contributed by atoms with Gasteiger partial charge in [0.25, 0.3) is 0 Å². The summed E-state index contributed by atoms with van der Waals surface area (Å²) in [5.41, 5.74) is 2.27. The molecule has 3 N–H and O–H groups in total. The first-order valence-electron chi connectivity index (χ1n) is 7.86. The Morgan fingerprint density at radius 3 is 2.75 bits per heavy atom. The second-order valence-corrected chi connectivity index (χ2v) is 5.28. The number of rotatable bonds is 4. The Balaban J connectivity index is 0.00000100. The number of pyridine rings is 1. The molecule has 2 aromatic heterocycles. The third-order valence-corrected chi connectivity index (χ3v) is 3.69. The van der Waals surface area contributed by atoms with Crippen LogP contribution >= 0.6 is 11.6 Å². The molecule has 1 aliphatic heterocycles. The minimum Gasteiger partial charge on any atom is -0.420 e. The maximum absolute atomic E-state index is 10.2. The molecule has 0 bridgehead atoms. The lowest BCUT2D eigenvalue weighted by atomic mass is 10.0. The predicted molar refractivity (Wildman–Crippen MR) is 90.3 cm³/mol. The highest BCUT2D eigenvalue weighted by molar-refractivity contribution is 6.32. The van der Waals surface area contributed by atoms with E-state index in [0.717, 1.165) is 30.8 Å². The summed E-state index contributed by atoms with van der Waals surface area (Å²) in [6.45, 7) is 5.31. The number of aliphatic hydroxyl groups is 2. The molecule has 8 heteroatoms. The number of aliphatic hydroxyl groups excluding tert-OH is 2. The molecule has 3 heterocycles. The SMILES string of the molecule is CC.OCc1nnc(C(O)c2cnc(C3=CCNCC3)c(Cl)c2)o1. The van der Waals surface area contributed by atoms with Crippen molar-refractivity contribution in [2.24, 2.45) is 0 Å². The van der Waals surface area contributed by atoms with Gasteiger partial charge in [0.1, 0.15) is 6.61 Å². The highest BCUT2D eigenvalue weighted by Crippen LogP contribution is 2.29. The molecule has 1 atom stereocenters. The number of hydrogen-bond acceptors (Lipinski definition) is 7. The minimum absolute atomic E-state index is 0.00394. The predicted octanol–water partition coefficient (Wildman–Crippen LogP) is 2.09. The average Bonchev–Trinajstić information content (AvgIpc) is 3.12. The zero-order chi connectivity index (χ0) is 17.5. The molecule has 3 rings (SSSR count). The fourth-order valence-corrected chi connectivity index (χ4v) is 2.56. The van der Waals surface area contributed by atoms with Gasteiger partial charge in [-0.25, -0.2) is 0 Å². The maximum atomic E-state index is 10.2. The summed E-state index contributed by atoms with van der Waals surface area (Å²) in [5.74, 6) is 0.0420. The lowest BCUT2D eigenvalue weighted by Crippen LogP contribution is -2.20. The molecule has 0 fully saturated rings. The molecule has 0 aliphatic carbocycles. The van der Waals surface area contributed by atoms with Crippen molar-refractivity contribution in [3.8, 4) is 0 Å². The van der Waals surface area contributed by atoms with Crippen molar-refractivity contribution in [1.29, 1.82) is 0 Å². The Labute approximate surface area is 145 Å². The van der Waals surface area contributed by atoms with Crippen LogP contribution in [0, 0.1) is 0 Å². The van der Waals surface area contributed by atoms with Crippen LogP contribution in [0.1, 0.15) is 49.4 Å². The second kappa shape index (κ2) is 8.89. The topological polar surface area (TPSA) is 104 Å².